The molecule has 0 spiro atoms. The molecule has 0 saturated heterocycles. The number of esters is 1. The first-order valence-corrected chi connectivity index (χ1v) is 5.61. The molecule has 76 valence electrons. The molecule has 0 aromatic heterocycles. The smallest absolute Gasteiger partial charge is 0.305 e. The highest BCUT2D eigenvalue weighted by Crippen LogP contribution is 2.10. The highest BCUT2D eigenvalue weighted by Gasteiger charge is 2.00. The maximum absolute atomic E-state index is 10.8. The van der Waals surface area contributed by atoms with Crippen molar-refractivity contribution in [3.8, 4) is 0 Å². The van der Waals surface area contributed by atoms with Crippen LogP contribution in [0.2, 0.25) is 0 Å². The third-order valence-electron chi connectivity index (χ3n) is 1.96. The summed E-state index contributed by atoms with van der Waals surface area (Å²) in [4.78, 5) is 10.8. The molecule has 0 saturated carbocycles. The third-order valence-corrected chi connectivity index (χ3v) is 2.63. The minimum atomic E-state index is -0.129. The molecule has 2 nitrogen and oxygen atoms in total. The topological polar surface area (TPSA) is 26.3 Å². The molecule has 0 atom stereocenters. The molecule has 0 heterocycles. The predicted molar refractivity (Wildman–Crippen MR) is 64.1 cm³/mol. The van der Waals surface area contributed by atoms with Gasteiger partial charge in [-0.3, -0.25) is 4.79 Å². The first-order chi connectivity index (χ1) is 6.72. The van der Waals surface area contributed by atoms with Crippen LogP contribution in [0.25, 0.3) is 0 Å². The molecule has 0 bridgehead atoms. The van der Waals surface area contributed by atoms with E-state index >= 15 is 0 Å². The molecule has 0 amide bonds. The number of rotatable bonds is 4. The van der Waals surface area contributed by atoms with Gasteiger partial charge in [-0.1, -0.05) is 12.1 Å². The Kier molecular flexibility index (Phi) is 4.93. The minimum absolute atomic E-state index is 0.129. The number of carbonyl (C=O) groups is 1. The summed E-state index contributed by atoms with van der Waals surface area (Å²) in [6, 6.07) is 8.32. The van der Waals surface area contributed by atoms with E-state index in [2.05, 4.69) is 45.5 Å². The molecule has 1 aromatic rings. The van der Waals surface area contributed by atoms with Crippen molar-refractivity contribution < 1.29 is 9.53 Å². The second-order valence-corrected chi connectivity index (χ2v) is 4.31. The summed E-state index contributed by atoms with van der Waals surface area (Å²) < 4.78 is 5.81. The van der Waals surface area contributed by atoms with Crippen molar-refractivity contribution in [2.45, 2.75) is 19.3 Å². The van der Waals surface area contributed by atoms with Gasteiger partial charge in [-0.15, -0.1) is 0 Å². The van der Waals surface area contributed by atoms with E-state index in [1.807, 2.05) is 6.07 Å². The van der Waals surface area contributed by atoms with Crippen LogP contribution in [0.1, 0.15) is 18.4 Å². The Labute approximate surface area is 97.8 Å². The van der Waals surface area contributed by atoms with Crippen molar-refractivity contribution in [3.63, 3.8) is 0 Å². The monoisotopic (exact) mass is 304 g/mol. The first kappa shape index (κ1) is 11.5. The number of benzene rings is 1. The maximum atomic E-state index is 10.8. The summed E-state index contributed by atoms with van der Waals surface area (Å²) in [7, 11) is 1.42. The van der Waals surface area contributed by atoms with Crippen molar-refractivity contribution >= 4 is 28.6 Å². The van der Waals surface area contributed by atoms with Crippen molar-refractivity contribution in [2.75, 3.05) is 7.11 Å². The Morgan fingerprint density at radius 1 is 1.50 bits per heavy atom. The lowest BCUT2D eigenvalue weighted by atomic mass is 10.1. The third kappa shape index (κ3) is 4.09. The number of aryl methyl sites for hydroxylation is 1. The van der Waals surface area contributed by atoms with Crippen LogP contribution >= 0.6 is 22.6 Å². The van der Waals surface area contributed by atoms with Gasteiger partial charge in [0.2, 0.25) is 0 Å². The predicted octanol–water partition coefficient (Wildman–Crippen LogP) is 2.79. The molecule has 0 radical (unpaired) electrons. The molecular formula is C11H13IO2. The average molecular weight is 304 g/mol. The van der Waals surface area contributed by atoms with Gasteiger partial charge in [0, 0.05) is 9.99 Å². The zero-order valence-corrected chi connectivity index (χ0v) is 10.3. The Bertz CT molecular complexity index is 310. The lowest BCUT2D eigenvalue weighted by Crippen LogP contribution is -2.00. The fourth-order valence-electron chi connectivity index (χ4n) is 1.23. The molecule has 3 heteroatoms. The fraction of sp³-hybridized carbons (Fsp3) is 0.364. The first-order valence-electron chi connectivity index (χ1n) is 4.53. The molecule has 0 unspecified atom stereocenters. The van der Waals surface area contributed by atoms with Crippen molar-refractivity contribution in [1.29, 1.82) is 0 Å². The van der Waals surface area contributed by atoms with Gasteiger partial charge < -0.3 is 4.74 Å². The SMILES string of the molecule is COC(=O)CCCc1cccc(I)c1. The Morgan fingerprint density at radius 2 is 2.29 bits per heavy atom. The summed E-state index contributed by atoms with van der Waals surface area (Å²) in [6.07, 6.45) is 2.29. The van der Waals surface area contributed by atoms with Gasteiger partial charge in [0.1, 0.15) is 0 Å². The fourth-order valence-corrected chi connectivity index (χ4v) is 1.84. The van der Waals surface area contributed by atoms with Crippen LogP contribution in [0, 0.1) is 3.57 Å². The number of ether oxygens (including phenoxy) is 1. The van der Waals surface area contributed by atoms with Gasteiger partial charge >= 0.3 is 5.97 Å². The normalized spacial score (nSPS) is 9.86. The lowest BCUT2D eigenvalue weighted by Gasteiger charge is -2.01. The number of carbonyl (C=O) groups excluding carboxylic acids is 1. The van der Waals surface area contributed by atoms with Crippen molar-refractivity contribution in [2.24, 2.45) is 0 Å². The molecule has 0 aliphatic carbocycles. The quantitative estimate of drug-likeness (QED) is 0.631. The highest BCUT2D eigenvalue weighted by atomic mass is 127. The van der Waals surface area contributed by atoms with Crippen LogP contribution in [-0.2, 0) is 16.0 Å². The van der Waals surface area contributed by atoms with E-state index in [4.69, 9.17) is 0 Å². The highest BCUT2D eigenvalue weighted by molar-refractivity contribution is 14.1. The van der Waals surface area contributed by atoms with E-state index in [1.54, 1.807) is 0 Å². The van der Waals surface area contributed by atoms with Gasteiger partial charge in [-0.2, -0.15) is 0 Å². The van der Waals surface area contributed by atoms with Gasteiger partial charge in [0.15, 0.2) is 0 Å². The molecule has 0 N–H and O–H groups in total. The maximum Gasteiger partial charge on any atom is 0.305 e. The molecule has 0 aliphatic heterocycles. The van der Waals surface area contributed by atoms with Crippen molar-refractivity contribution in [3.05, 3.63) is 33.4 Å². The van der Waals surface area contributed by atoms with Crippen LogP contribution in [0.4, 0.5) is 0 Å². The van der Waals surface area contributed by atoms with E-state index in [1.165, 1.54) is 16.2 Å². The Morgan fingerprint density at radius 3 is 2.93 bits per heavy atom. The summed E-state index contributed by atoms with van der Waals surface area (Å²) in [5.41, 5.74) is 1.28. The summed E-state index contributed by atoms with van der Waals surface area (Å²) in [5, 5.41) is 0. The molecule has 1 aromatic carbocycles. The van der Waals surface area contributed by atoms with Gasteiger partial charge in [-0.25, -0.2) is 0 Å². The molecule has 1 rings (SSSR count). The van der Waals surface area contributed by atoms with Crippen LogP contribution in [-0.4, -0.2) is 13.1 Å². The zero-order chi connectivity index (χ0) is 10.4. The molecular weight excluding hydrogens is 291 g/mol. The Balaban J connectivity index is 2.35. The van der Waals surface area contributed by atoms with Crippen LogP contribution in [0.3, 0.4) is 0 Å². The summed E-state index contributed by atoms with van der Waals surface area (Å²) in [5.74, 6) is -0.129. The number of halogens is 1. The second-order valence-electron chi connectivity index (χ2n) is 3.06. The summed E-state index contributed by atoms with van der Waals surface area (Å²) >= 11 is 2.29. The van der Waals surface area contributed by atoms with E-state index in [0.29, 0.717) is 6.42 Å². The van der Waals surface area contributed by atoms with E-state index in [-0.39, 0.29) is 5.97 Å². The molecule has 0 fully saturated rings. The average Bonchev–Trinajstić information content (AvgIpc) is 2.17. The van der Waals surface area contributed by atoms with E-state index in [9.17, 15) is 4.79 Å². The lowest BCUT2D eigenvalue weighted by molar-refractivity contribution is -0.140. The van der Waals surface area contributed by atoms with Gasteiger partial charge in [0.05, 0.1) is 7.11 Å². The van der Waals surface area contributed by atoms with E-state index < -0.39 is 0 Å². The molecule has 14 heavy (non-hydrogen) atoms. The second kappa shape index (κ2) is 6.01. The van der Waals surface area contributed by atoms with Crippen LogP contribution in [0.15, 0.2) is 24.3 Å². The van der Waals surface area contributed by atoms with E-state index in [0.717, 1.165) is 12.8 Å². The van der Waals surface area contributed by atoms with Crippen LogP contribution < -0.4 is 0 Å². The molecule has 0 aliphatic rings. The Hall–Kier alpha value is -0.580. The zero-order valence-electron chi connectivity index (χ0n) is 8.13. The van der Waals surface area contributed by atoms with Gasteiger partial charge in [0.25, 0.3) is 0 Å². The van der Waals surface area contributed by atoms with Crippen molar-refractivity contribution in [1.82, 2.24) is 0 Å². The largest absolute Gasteiger partial charge is 0.469 e. The number of methoxy groups -OCH3 is 1. The van der Waals surface area contributed by atoms with Gasteiger partial charge in [-0.05, 0) is 53.1 Å². The number of hydrogen-bond acceptors (Lipinski definition) is 2. The standard InChI is InChI=1S/C11H13IO2/c1-14-11(13)7-3-5-9-4-2-6-10(12)8-9/h2,4,6,8H,3,5,7H2,1H3. The summed E-state index contributed by atoms with van der Waals surface area (Å²) in [6.45, 7) is 0. The van der Waals surface area contributed by atoms with Crippen LogP contribution in [0.5, 0.6) is 0 Å². The number of hydrogen-bond donors (Lipinski definition) is 0. The minimum Gasteiger partial charge on any atom is -0.469 e.